The molecule has 2 aliphatic heterocycles. The third kappa shape index (κ3) is 4.70. The van der Waals surface area contributed by atoms with Gasteiger partial charge in [0.25, 0.3) is 5.91 Å². The number of fused-ring (bicyclic) bond motifs is 1. The zero-order valence-electron chi connectivity index (χ0n) is 18.1. The second-order valence-corrected chi connectivity index (χ2v) is 8.66. The lowest BCUT2D eigenvalue weighted by Crippen LogP contribution is -2.41. The van der Waals surface area contributed by atoms with Gasteiger partial charge in [0.15, 0.2) is 0 Å². The number of halogens is 2. The highest BCUT2D eigenvalue weighted by molar-refractivity contribution is 6.33. The van der Waals surface area contributed by atoms with Crippen LogP contribution in [0.3, 0.4) is 0 Å². The summed E-state index contributed by atoms with van der Waals surface area (Å²) in [5.41, 5.74) is 3.24. The summed E-state index contributed by atoms with van der Waals surface area (Å²) < 4.78 is 19.2. The molecule has 0 spiro atoms. The molecule has 0 saturated carbocycles. The Morgan fingerprint density at radius 3 is 2.67 bits per heavy atom. The van der Waals surface area contributed by atoms with Crippen LogP contribution < -0.4 is 4.90 Å². The van der Waals surface area contributed by atoms with E-state index >= 15 is 0 Å². The number of aromatic nitrogens is 2. The Bertz CT molecular complexity index is 1180. The van der Waals surface area contributed by atoms with E-state index in [1.165, 1.54) is 12.1 Å². The Morgan fingerprint density at radius 1 is 1.06 bits per heavy atom. The van der Waals surface area contributed by atoms with E-state index in [0.717, 1.165) is 35.7 Å². The smallest absolute Gasteiger partial charge is 0.255 e. The molecule has 2 aromatic carbocycles. The first-order valence-electron chi connectivity index (χ1n) is 11.1. The number of carbonyl (C=O) groups is 1. The summed E-state index contributed by atoms with van der Waals surface area (Å²) >= 11 is 6.28. The van der Waals surface area contributed by atoms with Gasteiger partial charge in [0, 0.05) is 38.0 Å². The molecule has 33 heavy (non-hydrogen) atoms. The Kier molecular flexibility index (Phi) is 6.24. The van der Waals surface area contributed by atoms with Gasteiger partial charge in [-0.05, 0) is 29.8 Å². The lowest BCUT2D eigenvalue weighted by atomic mass is 10.0. The van der Waals surface area contributed by atoms with Gasteiger partial charge in [-0.3, -0.25) is 4.79 Å². The van der Waals surface area contributed by atoms with Crippen LogP contribution in [0, 0.1) is 5.82 Å². The molecule has 8 heteroatoms. The van der Waals surface area contributed by atoms with Crippen LogP contribution in [0.1, 0.15) is 33.0 Å². The third-order valence-electron chi connectivity index (χ3n) is 6.04. The number of ether oxygens (including phenoxy) is 1. The Morgan fingerprint density at radius 2 is 1.88 bits per heavy atom. The minimum atomic E-state index is -0.271. The van der Waals surface area contributed by atoms with E-state index in [4.69, 9.17) is 26.3 Å². The van der Waals surface area contributed by atoms with E-state index in [1.54, 1.807) is 18.2 Å². The summed E-state index contributed by atoms with van der Waals surface area (Å²) in [6, 6.07) is 13.6. The highest BCUT2D eigenvalue weighted by atomic mass is 35.5. The minimum absolute atomic E-state index is 0.0944. The van der Waals surface area contributed by atoms with Crippen LogP contribution in [0.5, 0.6) is 0 Å². The Hall–Kier alpha value is -3.03. The van der Waals surface area contributed by atoms with E-state index in [2.05, 4.69) is 4.90 Å². The normalized spacial score (nSPS) is 15.9. The van der Waals surface area contributed by atoms with Gasteiger partial charge in [0.2, 0.25) is 0 Å². The number of hydrogen-bond donors (Lipinski definition) is 0. The number of morpholine rings is 1. The van der Waals surface area contributed by atoms with Gasteiger partial charge >= 0.3 is 0 Å². The first kappa shape index (κ1) is 21.8. The molecule has 0 atom stereocenters. The largest absolute Gasteiger partial charge is 0.378 e. The van der Waals surface area contributed by atoms with Gasteiger partial charge in [-0.2, -0.15) is 0 Å². The predicted molar refractivity (Wildman–Crippen MR) is 124 cm³/mol. The van der Waals surface area contributed by atoms with Crippen molar-refractivity contribution in [1.29, 1.82) is 0 Å². The maximum absolute atomic E-state index is 13.7. The lowest BCUT2D eigenvalue weighted by Gasteiger charge is -2.34. The molecule has 6 nitrogen and oxygen atoms in total. The van der Waals surface area contributed by atoms with Gasteiger partial charge in [0.05, 0.1) is 36.0 Å². The van der Waals surface area contributed by atoms with Crippen molar-refractivity contribution >= 4 is 23.3 Å². The maximum atomic E-state index is 13.7. The summed E-state index contributed by atoms with van der Waals surface area (Å²) in [6.07, 6.45) is 1.08. The van der Waals surface area contributed by atoms with Gasteiger partial charge in [-0.25, -0.2) is 14.4 Å². The standard InChI is InChI=1S/C25H24ClFN4O2/c26-21-7-2-1-6-19(21)25(32)31-9-8-22-20(16-31)24(30-10-12-33-13-11-30)29-23(28-22)15-17-4-3-5-18(27)14-17/h1-7,14H,8-13,15-16H2. The Labute approximate surface area is 197 Å². The molecule has 1 saturated heterocycles. The number of carbonyl (C=O) groups excluding carboxylic acids is 1. The van der Waals surface area contributed by atoms with Crippen LogP contribution in [0.2, 0.25) is 5.02 Å². The zero-order chi connectivity index (χ0) is 22.8. The molecular formula is C25H24ClFN4O2. The number of nitrogens with zero attached hydrogens (tertiary/aromatic N) is 4. The molecule has 1 fully saturated rings. The number of rotatable bonds is 4. The van der Waals surface area contributed by atoms with Gasteiger partial charge < -0.3 is 14.5 Å². The van der Waals surface area contributed by atoms with Crippen molar-refractivity contribution < 1.29 is 13.9 Å². The Balaban J connectivity index is 1.48. The van der Waals surface area contributed by atoms with Crippen molar-refractivity contribution in [2.24, 2.45) is 0 Å². The quantitative estimate of drug-likeness (QED) is 0.583. The molecule has 170 valence electrons. The van der Waals surface area contributed by atoms with Crippen LogP contribution in [0.15, 0.2) is 48.5 Å². The number of anilines is 1. The highest BCUT2D eigenvalue weighted by Gasteiger charge is 2.29. The van der Waals surface area contributed by atoms with Crippen LogP contribution >= 0.6 is 11.6 Å². The fourth-order valence-electron chi connectivity index (χ4n) is 4.37. The molecule has 0 unspecified atom stereocenters. The lowest BCUT2D eigenvalue weighted by molar-refractivity contribution is 0.0733. The van der Waals surface area contributed by atoms with Crippen molar-refractivity contribution in [1.82, 2.24) is 14.9 Å². The molecule has 0 N–H and O–H groups in total. The van der Waals surface area contributed by atoms with E-state index in [9.17, 15) is 9.18 Å². The van der Waals surface area contributed by atoms with E-state index in [-0.39, 0.29) is 11.7 Å². The minimum Gasteiger partial charge on any atom is -0.378 e. The number of amides is 1. The van der Waals surface area contributed by atoms with Crippen LogP contribution in [-0.4, -0.2) is 53.6 Å². The SMILES string of the molecule is O=C(c1ccccc1Cl)N1CCc2nc(Cc3cccc(F)c3)nc(N3CCOCC3)c2C1. The topological polar surface area (TPSA) is 58.6 Å². The molecule has 3 aromatic rings. The summed E-state index contributed by atoms with van der Waals surface area (Å²) in [5.74, 6) is 1.13. The van der Waals surface area contributed by atoms with Crippen LogP contribution in [0.25, 0.3) is 0 Å². The monoisotopic (exact) mass is 466 g/mol. The molecule has 5 rings (SSSR count). The molecule has 2 aliphatic rings. The van der Waals surface area contributed by atoms with Gasteiger partial charge in [-0.15, -0.1) is 0 Å². The maximum Gasteiger partial charge on any atom is 0.255 e. The number of benzene rings is 2. The molecule has 3 heterocycles. The molecule has 1 aromatic heterocycles. The third-order valence-corrected chi connectivity index (χ3v) is 6.37. The average Bonchev–Trinajstić information content (AvgIpc) is 2.84. The van der Waals surface area contributed by atoms with Gasteiger partial charge in [-0.1, -0.05) is 35.9 Å². The fraction of sp³-hybridized carbons (Fsp3) is 0.320. The molecule has 0 bridgehead atoms. The fourth-order valence-corrected chi connectivity index (χ4v) is 4.59. The highest BCUT2D eigenvalue weighted by Crippen LogP contribution is 2.29. The number of hydrogen-bond acceptors (Lipinski definition) is 5. The van der Waals surface area contributed by atoms with Crippen molar-refractivity contribution in [2.75, 3.05) is 37.7 Å². The van der Waals surface area contributed by atoms with Crippen LogP contribution in [0.4, 0.5) is 10.2 Å². The van der Waals surface area contributed by atoms with E-state index in [0.29, 0.717) is 55.6 Å². The van der Waals surface area contributed by atoms with Crippen LogP contribution in [-0.2, 0) is 24.1 Å². The van der Waals surface area contributed by atoms with Gasteiger partial charge in [0.1, 0.15) is 17.5 Å². The molecule has 0 aliphatic carbocycles. The molecular weight excluding hydrogens is 443 g/mol. The summed E-state index contributed by atoms with van der Waals surface area (Å²) in [5, 5.41) is 0.448. The van der Waals surface area contributed by atoms with Crippen molar-refractivity contribution in [2.45, 2.75) is 19.4 Å². The molecule has 0 radical (unpaired) electrons. The first-order valence-corrected chi connectivity index (χ1v) is 11.5. The summed E-state index contributed by atoms with van der Waals surface area (Å²) in [7, 11) is 0. The van der Waals surface area contributed by atoms with Crippen molar-refractivity contribution in [3.8, 4) is 0 Å². The second-order valence-electron chi connectivity index (χ2n) is 8.25. The molecule has 1 amide bonds. The second kappa shape index (κ2) is 9.45. The average molecular weight is 467 g/mol. The summed E-state index contributed by atoms with van der Waals surface area (Å²) in [4.78, 5) is 26.9. The van der Waals surface area contributed by atoms with Crippen molar-refractivity contribution in [3.05, 3.63) is 87.6 Å². The van der Waals surface area contributed by atoms with Crippen molar-refractivity contribution in [3.63, 3.8) is 0 Å². The predicted octanol–water partition coefficient (Wildman–Crippen LogP) is 3.90. The summed E-state index contributed by atoms with van der Waals surface area (Å²) in [6.45, 7) is 3.67. The zero-order valence-corrected chi connectivity index (χ0v) is 18.9. The van der Waals surface area contributed by atoms with E-state index < -0.39 is 0 Å². The first-order chi connectivity index (χ1) is 16.1. The van der Waals surface area contributed by atoms with E-state index in [1.807, 2.05) is 23.1 Å².